The van der Waals surface area contributed by atoms with Gasteiger partial charge in [-0.3, -0.25) is 4.79 Å². The number of ether oxygens (including phenoxy) is 1. The first-order valence-corrected chi connectivity index (χ1v) is 9.89. The van der Waals surface area contributed by atoms with Crippen LogP contribution in [0.4, 0.5) is 0 Å². The van der Waals surface area contributed by atoms with E-state index < -0.39 is 0 Å². The Balaban J connectivity index is 1.62. The van der Waals surface area contributed by atoms with Gasteiger partial charge in [-0.2, -0.15) is 0 Å². The Bertz CT molecular complexity index is 567. The monoisotopic (exact) mass is 332 g/mol. The summed E-state index contributed by atoms with van der Waals surface area (Å²) in [5.74, 6) is 2.04. The van der Waals surface area contributed by atoms with Crippen molar-refractivity contribution < 1.29 is 14.6 Å². The van der Waals surface area contributed by atoms with Crippen molar-refractivity contribution in [2.24, 2.45) is 28.6 Å². The maximum Gasteiger partial charge on any atom is 0.302 e. The minimum atomic E-state index is -0.130. The van der Waals surface area contributed by atoms with Gasteiger partial charge in [0.2, 0.25) is 0 Å². The third-order valence-corrected chi connectivity index (χ3v) is 8.30. The van der Waals surface area contributed by atoms with Gasteiger partial charge >= 0.3 is 5.97 Å². The van der Waals surface area contributed by atoms with E-state index in [1.807, 2.05) is 0 Å². The van der Waals surface area contributed by atoms with Crippen LogP contribution < -0.4 is 0 Å². The van der Waals surface area contributed by atoms with Crippen molar-refractivity contribution in [2.75, 3.05) is 0 Å². The van der Waals surface area contributed by atoms with Crippen LogP contribution >= 0.6 is 0 Å². The first-order chi connectivity index (χ1) is 11.3. The first kappa shape index (κ1) is 16.6. The maximum absolute atomic E-state index is 11.5. The molecular weight excluding hydrogens is 300 g/mol. The molecule has 0 aliphatic heterocycles. The summed E-state index contributed by atoms with van der Waals surface area (Å²) in [5.41, 5.74) is 1.99. The topological polar surface area (TPSA) is 46.5 Å². The van der Waals surface area contributed by atoms with Gasteiger partial charge in [0.25, 0.3) is 0 Å². The van der Waals surface area contributed by atoms with Crippen molar-refractivity contribution in [3.05, 3.63) is 11.6 Å². The average molecular weight is 332 g/mol. The summed E-state index contributed by atoms with van der Waals surface area (Å²) in [6, 6.07) is 0. The highest BCUT2D eigenvalue weighted by molar-refractivity contribution is 5.66. The molecule has 134 valence electrons. The maximum atomic E-state index is 11.5. The van der Waals surface area contributed by atoms with E-state index in [2.05, 4.69) is 19.9 Å². The van der Waals surface area contributed by atoms with E-state index in [-0.39, 0.29) is 23.6 Å². The molecule has 4 aliphatic carbocycles. The zero-order valence-corrected chi connectivity index (χ0v) is 15.4. The van der Waals surface area contributed by atoms with Crippen LogP contribution in [0.1, 0.15) is 72.1 Å². The number of aliphatic hydroxyl groups is 1. The molecule has 1 N–H and O–H groups in total. The minimum absolute atomic E-state index is 0.118. The Hall–Kier alpha value is -0.830. The highest BCUT2D eigenvalue weighted by Gasteiger charge is 2.59. The summed E-state index contributed by atoms with van der Waals surface area (Å²) < 4.78 is 5.72. The molecule has 3 saturated carbocycles. The molecule has 0 bridgehead atoms. The summed E-state index contributed by atoms with van der Waals surface area (Å²) in [5, 5.41) is 10.1. The van der Waals surface area contributed by atoms with Crippen molar-refractivity contribution in [2.45, 2.75) is 84.3 Å². The summed E-state index contributed by atoms with van der Waals surface area (Å²) >= 11 is 0. The third-order valence-electron chi connectivity index (χ3n) is 8.30. The number of rotatable bonds is 1. The van der Waals surface area contributed by atoms with Gasteiger partial charge in [-0.05, 0) is 74.5 Å². The second kappa shape index (κ2) is 5.59. The molecule has 7 atom stereocenters. The highest BCUT2D eigenvalue weighted by Crippen LogP contribution is 2.65. The second-order valence-corrected chi connectivity index (χ2v) is 9.38. The Morgan fingerprint density at radius 3 is 2.71 bits per heavy atom. The van der Waals surface area contributed by atoms with E-state index in [0.717, 1.165) is 43.9 Å². The largest absolute Gasteiger partial charge is 0.462 e. The Kier molecular flexibility index (Phi) is 3.87. The zero-order chi connectivity index (χ0) is 17.1. The Morgan fingerprint density at radius 1 is 1.17 bits per heavy atom. The zero-order valence-electron chi connectivity index (χ0n) is 15.4. The standard InChI is InChI=1S/C21H32O3/c1-13(22)24-19-7-6-17-16-5-4-14-12-15(23)8-10-20(14,2)18(16)9-11-21(17,19)3/h4,15-19,23H,5-12H2,1-3H3/t15-,16-,17-,18-,19-,20-,21-/m0/s1. The molecule has 0 unspecified atom stereocenters. The third kappa shape index (κ3) is 2.30. The Morgan fingerprint density at radius 2 is 1.96 bits per heavy atom. The SMILES string of the molecule is CC(=O)O[C@H]1CC[C@H]2[C@@H]3CC=C4C[C@@H](O)CC[C@]4(C)[C@H]3CC[C@]12C. The number of carbonyl (C=O) groups is 1. The average Bonchev–Trinajstić information content (AvgIpc) is 2.84. The quantitative estimate of drug-likeness (QED) is 0.577. The van der Waals surface area contributed by atoms with E-state index in [4.69, 9.17) is 4.74 Å². The fourth-order valence-electron chi connectivity index (χ4n) is 6.99. The predicted molar refractivity (Wildman–Crippen MR) is 93.3 cm³/mol. The highest BCUT2D eigenvalue weighted by atomic mass is 16.5. The fourth-order valence-corrected chi connectivity index (χ4v) is 6.99. The number of hydrogen-bond donors (Lipinski definition) is 1. The molecule has 24 heavy (non-hydrogen) atoms. The van der Waals surface area contributed by atoms with Crippen LogP contribution in [0.15, 0.2) is 11.6 Å². The fraction of sp³-hybridized carbons (Fsp3) is 0.857. The van der Waals surface area contributed by atoms with Gasteiger partial charge in [0.05, 0.1) is 6.10 Å². The van der Waals surface area contributed by atoms with Crippen LogP contribution in [0.2, 0.25) is 0 Å². The van der Waals surface area contributed by atoms with Crippen LogP contribution in [0.25, 0.3) is 0 Å². The van der Waals surface area contributed by atoms with Crippen molar-refractivity contribution >= 4 is 5.97 Å². The number of hydrogen-bond acceptors (Lipinski definition) is 3. The van der Waals surface area contributed by atoms with Gasteiger partial charge in [-0.15, -0.1) is 0 Å². The van der Waals surface area contributed by atoms with Crippen LogP contribution in [0.3, 0.4) is 0 Å². The predicted octanol–water partition coefficient (Wildman–Crippen LogP) is 4.24. The summed E-state index contributed by atoms with van der Waals surface area (Å²) in [6.45, 7) is 6.38. The molecule has 0 aromatic heterocycles. The normalized spacial score (nSPS) is 50.3. The number of allylic oxidation sites excluding steroid dienone is 1. The second-order valence-electron chi connectivity index (χ2n) is 9.38. The summed E-state index contributed by atoms with van der Waals surface area (Å²) in [4.78, 5) is 11.5. The molecule has 0 aromatic rings. The minimum Gasteiger partial charge on any atom is -0.462 e. The van der Waals surface area contributed by atoms with Gasteiger partial charge < -0.3 is 9.84 Å². The molecule has 0 heterocycles. The van der Waals surface area contributed by atoms with Crippen LogP contribution in [-0.4, -0.2) is 23.3 Å². The van der Waals surface area contributed by atoms with Crippen molar-refractivity contribution in [1.29, 1.82) is 0 Å². The van der Waals surface area contributed by atoms with E-state index in [9.17, 15) is 9.90 Å². The molecule has 3 nitrogen and oxygen atoms in total. The van der Waals surface area contributed by atoms with Gasteiger partial charge in [0, 0.05) is 12.3 Å². The molecule has 0 amide bonds. The number of esters is 1. The van der Waals surface area contributed by atoms with E-state index >= 15 is 0 Å². The van der Waals surface area contributed by atoms with Crippen LogP contribution in [-0.2, 0) is 9.53 Å². The van der Waals surface area contributed by atoms with Crippen molar-refractivity contribution in [3.8, 4) is 0 Å². The molecular formula is C21H32O3. The lowest BCUT2D eigenvalue weighted by Gasteiger charge is -2.57. The molecule has 0 spiro atoms. The number of carbonyl (C=O) groups excluding carboxylic acids is 1. The first-order valence-electron chi connectivity index (χ1n) is 9.89. The molecule has 0 saturated heterocycles. The van der Waals surface area contributed by atoms with E-state index in [0.29, 0.717) is 11.3 Å². The van der Waals surface area contributed by atoms with Gasteiger partial charge in [-0.25, -0.2) is 0 Å². The lowest BCUT2D eigenvalue weighted by molar-refractivity contribution is -0.156. The molecule has 4 aliphatic rings. The van der Waals surface area contributed by atoms with E-state index in [1.54, 1.807) is 6.92 Å². The lowest BCUT2D eigenvalue weighted by Crippen LogP contribution is -2.51. The summed E-state index contributed by atoms with van der Waals surface area (Å²) in [7, 11) is 0. The molecule has 4 rings (SSSR count). The van der Waals surface area contributed by atoms with Crippen molar-refractivity contribution in [1.82, 2.24) is 0 Å². The van der Waals surface area contributed by atoms with Gasteiger partial charge in [0.15, 0.2) is 0 Å². The van der Waals surface area contributed by atoms with Gasteiger partial charge in [-0.1, -0.05) is 25.5 Å². The number of aliphatic hydroxyl groups excluding tert-OH is 1. The molecule has 0 aromatic carbocycles. The van der Waals surface area contributed by atoms with Crippen molar-refractivity contribution in [3.63, 3.8) is 0 Å². The smallest absolute Gasteiger partial charge is 0.302 e. The van der Waals surface area contributed by atoms with Crippen LogP contribution in [0.5, 0.6) is 0 Å². The summed E-state index contributed by atoms with van der Waals surface area (Å²) in [6.07, 6.45) is 11.3. The van der Waals surface area contributed by atoms with Gasteiger partial charge in [0.1, 0.15) is 6.10 Å². The van der Waals surface area contributed by atoms with E-state index in [1.165, 1.54) is 24.8 Å². The number of fused-ring (bicyclic) bond motifs is 5. The lowest BCUT2D eigenvalue weighted by atomic mass is 9.48. The molecule has 3 heteroatoms. The van der Waals surface area contributed by atoms with Crippen LogP contribution in [0, 0.1) is 28.6 Å². The molecule has 3 fully saturated rings. The Labute approximate surface area is 145 Å². The molecule has 0 radical (unpaired) electrons.